The maximum atomic E-state index is 13.3. The third-order valence-corrected chi connectivity index (χ3v) is 6.07. The molecule has 33 heavy (non-hydrogen) atoms. The van der Waals surface area contributed by atoms with Crippen LogP contribution in [-0.4, -0.2) is 20.6 Å². The zero-order chi connectivity index (χ0) is 23.7. The Morgan fingerprint density at radius 3 is 2.42 bits per heavy atom. The first-order chi connectivity index (χ1) is 15.7. The van der Waals surface area contributed by atoms with Gasteiger partial charge in [0.15, 0.2) is 0 Å². The number of carbonyl (C=O) groups is 1. The molecule has 1 N–H and O–H groups in total. The standard InChI is InChI=1S/C25H23BrN4O3/c1-14-5-10-20(12-15(14)2)27-21(31)13-30-17(4)11-16(3)22(25(30)32)24-28-23(29-33-24)18-6-8-19(26)9-7-18/h5-12H,13H2,1-4H3,(H,27,31). The van der Waals surface area contributed by atoms with Crippen LogP contribution in [0.1, 0.15) is 22.4 Å². The summed E-state index contributed by atoms with van der Waals surface area (Å²) in [6, 6.07) is 15.0. The molecule has 0 aliphatic rings. The molecule has 1 amide bonds. The number of hydrogen-bond donors (Lipinski definition) is 1. The largest absolute Gasteiger partial charge is 0.333 e. The van der Waals surface area contributed by atoms with E-state index in [0.29, 0.717) is 22.8 Å². The molecule has 7 nitrogen and oxygen atoms in total. The Hall–Kier alpha value is -3.52. The molecule has 0 aliphatic carbocycles. The number of carbonyl (C=O) groups excluding carboxylic acids is 1. The molecule has 0 aliphatic heterocycles. The summed E-state index contributed by atoms with van der Waals surface area (Å²) in [4.78, 5) is 30.5. The minimum atomic E-state index is -0.353. The highest BCUT2D eigenvalue weighted by Crippen LogP contribution is 2.24. The SMILES string of the molecule is Cc1ccc(NC(=O)Cn2c(C)cc(C)c(-c3nc(-c4ccc(Br)cc4)no3)c2=O)cc1C. The summed E-state index contributed by atoms with van der Waals surface area (Å²) in [5.41, 5.74) is 4.99. The fraction of sp³-hybridized carbons (Fsp3) is 0.200. The Kier molecular flexibility index (Phi) is 6.29. The lowest BCUT2D eigenvalue weighted by atomic mass is 10.1. The Labute approximate surface area is 199 Å². The van der Waals surface area contributed by atoms with Crippen molar-refractivity contribution in [3.63, 3.8) is 0 Å². The van der Waals surface area contributed by atoms with Crippen LogP contribution in [0.15, 0.2) is 62.3 Å². The first-order valence-electron chi connectivity index (χ1n) is 10.4. The summed E-state index contributed by atoms with van der Waals surface area (Å²) in [5, 5.41) is 6.89. The third kappa shape index (κ3) is 4.80. The smallest absolute Gasteiger partial charge is 0.264 e. The van der Waals surface area contributed by atoms with Crippen LogP contribution in [0.4, 0.5) is 5.69 Å². The first kappa shape index (κ1) is 22.7. The number of benzene rings is 2. The summed E-state index contributed by atoms with van der Waals surface area (Å²) in [6.45, 7) is 7.48. The third-order valence-electron chi connectivity index (χ3n) is 5.54. The van der Waals surface area contributed by atoms with E-state index in [0.717, 1.165) is 21.2 Å². The zero-order valence-corrected chi connectivity index (χ0v) is 20.4. The van der Waals surface area contributed by atoms with Gasteiger partial charge in [-0.3, -0.25) is 9.59 Å². The number of rotatable bonds is 5. The molecule has 0 saturated carbocycles. The number of pyridine rings is 1. The number of aryl methyl sites for hydroxylation is 4. The van der Waals surface area contributed by atoms with Crippen molar-refractivity contribution in [2.45, 2.75) is 34.2 Å². The molecule has 2 aromatic carbocycles. The van der Waals surface area contributed by atoms with Crippen molar-refractivity contribution in [1.29, 1.82) is 0 Å². The zero-order valence-electron chi connectivity index (χ0n) is 18.8. The van der Waals surface area contributed by atoms with E-state index < -0.39 is 0 Å². The summed E-state index contributed by atoms with van der Waals surface area (Å²) in [6.07, 6.45) is 0. The first-order valence-corrected chi connectivity index (χ1v) is 11.2. The van der Waals surface area contributed by atoms with E-state index in [1.54, 1.807) is 6.92 Å². The van der Waals surface area contributed by atoms with Crippen molar-refractivity contribution in [2.24, 2.45) is 0 Å². The van der Waals surface area contributed by atoms with Crippen LogP contribution < -0.4 is 10.9 Å². The number of nitrogens with zero attached hydrogens (tertiary/aromatic N) is 3. The van der Waals surface area contributed by atoms with Gasteiger partial charge in [-0.15, -0.1) is 0 Å². The number of anilines is 1. The van der Waals surface area contributed by atoms with Crippen LogP contribution in [-0.2, 0) is 11.3 Å². The number of nitrogens with one attached hydrogen (secondary N) is 1. The average molecular weight is 507 g/mol. The lowest BCUT2D eigenvalue weighted by Gasteiger charge is -2.13. The second-order valence-corrected chi connectivity index (χ2v) is 8.93. The fourth-order valence-corrected chi connectivity index (χ4v) is 3.85. The van der Waals surface area contributed by atoms with Crippen LogP contribution in [0.2, 0.25) is 0 Å². The van der Waals surface area contributed by atoms with Crippen LogP contribution in [0.3, 0.4) is 0 Å². The summed E-state index contributed by atoms with van der Waals surface area (Å²) in [5.74, 6) is 0.217. The minimum Gasteiger partial charge on any atom is -0.333 e. The number of hydrogen-bond acceptors (Lipinski definition) is 5. The maximum absolute atomic E-state index is 13.3. The van der Waals surface area contributed by atoms with Crippen molar-refractivity contribution >= 4 is 27.5 Å². The van der Waals surface area contributed by atoms with E-state index in [2.05, 4.69) is 31.4 Å². The van der Waals surface area contributed by atoms with Gasteiger partial charge in [0.05, 0.1) is 0 Å². The van der Waals surface area contributed by atoms with Gasteiger partial charge in [0.1, 0.15) is 12.1 Å². The highest BCUT2D eigenvalue weighted by atomic mass is 79.9. The number of amides is 1. The molecule has 8 heteroatoms. The number of aromatic nitrogens is 3. The van der Waals surface area contributed by atoms with Crippen LogP contribution in [0.25, 0.3) is 22.8 Å². The van der Waals surface area contributed by atoms with Crippen molar-refractivity contribution in [3.8, 4) is 22.8 Å². The summed E-state index contributed by atoms with van der Waals surface area (Å²) in [7, 11) is 0. The minimum absolute atomic E-state index is 0.124. The Bertz CT molecular complexity index is 1400. The van der Waals surface area contributed by atoms with E-state index in [1.165, 1.54) is 4.57 Å². The highest BCUT2D eigenvalue weighted by Gasteiger charge is 2.20. The van der Waals surface area contributed by atoms with Crippen molar-refractivity contribution < 1.29 is 9.32 Å². The van der Waals surface area contributed by atoms with Gasteiger partial charge in [0.25, 0.3) is 11.4 Å². The van der Waals surface area contributed by atoms with Crippen molar-refractivity contribution in [3.05, 3.63) is 85.7 Å². The van der Waals surface area contributed by atoms with Gasteiger partial charge in [-0.1, -0.05) is 27.2 Å². The molecule has 0 saturated heterocycles. The predicted octanol–water partition coefficient (Wildman–Crippen LogP) is 5.20. The van der Waals surface area contributed by atoms with E-state index >= 15 is 0 Å². The molecule has 0 bridgehead atoms. The second-order valence-electron chi connectivity index (χ2n) is 8.01. The summed E-state index contributed by atoms with van der Waals surface area (Å²) >= 11 is 3.40. The normalized spacial score (nSPS) is 10.9. The Morgan fingerprint density at radius 2 is 1.73 bits per heavy atom. The number of halogens is 1. The van der Waals surface area contributed by atoms with Gasteiger partial charge in [0.2, 0.25) is 11.7 Å². The van der Waals surface area contributed by atoms with Crippen molar-refractivity contribution in [1.82, 2.24) is 14.7 Å². The van der Waals surface area contributed by atoms with Gasteiger partial charge < -0.3 is 14.4 Å². The van der Waals surface area contributed by atoms with E-state index in [-0.39, 0.29) is 29.5 Å². The van der Waals surface area contributed by atoms with Gasteiger partial charge >= 0.3 is 0 Å². The monoisotopic (exact) mass is 506 g/mol. The van der Waals surface area contributed by atoms with Gasteiger partial charge in [-0.25, -0.2) is 0 Å². The predicted molar refractivity (Wildman–Crippen MR) is 131 cm³/mol. The lowest BCUT2D eigenvalue weighted by Crippen LogP contribution is -2.30. The van der Waals surface area contributed by atoms with E-state index in [1.807, 2.05) is 69.3 Å². The van der Waals surface area contributed by atoms with Gasteiger partial charge in [0, 0.05) is 21.4 Å². The van der Waals surface area contributed by atoms with Crippen LogP contribution in [0.5, 0.6) is 0 Å². The molecule has 2 heterocycles. The Morgan fingerprint density at radius 1 is 1.00 bits per heavy atom. The van der Waals surface area contributed by atoms with Crippen LogP contribution in [0, 0.1) is 27.7 Å². The van der Waals surface area contributed by atoms with E-state index in [9.17, 15) is 9.59 Å². The average Bonchev–Trinajstić information content (AvgIpc) is 3.24. The molecule has 168 valence electrons. The molecule has 0 unspecified atom stereocenters. The maximum Gasteiger partial charge on any atom is 0.264 e. The van der Waals surface area contributed by atoms with Gasteiger partial charge in [-0.05, 0) is 86.8 Å². The molecule has 2 aromatic heterocycles. The summed E-state index contributed by atoms with van der Waals surface area (Å²) < 4.78 is 7.79. The molecular formula is C25H23BrN4O3. The molecule has 4 rings (SSSR count). The topological polar surface area (TPSA) is 90.0 Å². The lowest BCUT2D eigenvalue weighted by molar-refractivity contribution is -0.116. The highest BCUT2D eigenvalue weighted by molar-refractivity contribution is 9.10. The molecule has 0 atom stereocenters. The molecule has 0 radical (unpaired) electrons. The van der Waals surface area contributed by atoms with Gasteiger partial charge in [-0.2, -0.15) is 4.98 Å². The Balaban J connectivity index is 1.64. The van der Waals surface area contributed by atoms with E-state index in [4.69, 9.17) is 4.52 Å². The molecule has 0 spiro atoms. The molecule has 4 aromatic rings. The fourth-order valence-electron chi connectivity index (χ4n) is 3.59. The second kappa shape index (κ2) is 9.15. The molecule has 0 fully saturated rings. The quantitative estimate of drug-likeness (QED) is 0.401. The van der Waals surface area contributed by atoms with Crippen LogP contribution >= 0.6 is 15.9 Å². The molecular weight excluding hydrogens is 484 g/mol. The van der Waals surface area contributed by atoms with Crippen molar-refractivity contribution in [2.75, 3.05) is 5.32 Å².